The largest absolute Gasteiger partial charge is 0.479 e. The van der Waals surface area contributed by atoms with Gasteiger partial charge in [-0.15, -0.1) is 0 Å². The molecule has 0 bridgehead atoms. The molecular weight excluding hydrogens is 366 g/mol. The Hall–Kier alpha value is -3.60. The second-order valence-electron chi connectivity index (χ2n) is 6.81. The Bertz CT molecular complexity index is 1010. The molecule has 0 aliphatic heterocycles. The molecule has 0 aliphatic carbocycles. The summed E-state index contributed by atoms with van der Waals surface area (Å²) in [7, 11) is 0. The normalized spacial score (nSPS) is 12.1. The van der Waals surface area contributed by atoms with Gasteiger partial charge in [0.1, 0.15) is 5.75 Å². The minimum atomic E-state index is -1.00. The van der Waals surface area contributed by atoms with E-state index in [2.05, 4.69) is 0 Å². The van der Waals surface area contributed by atoms with Crippen LogP contribution in [0.15, 0.2) is 72.9 Å². The van der Waals surface area contributed by atoms with Crippen molar-refractivity contribution in [2.24, 2.45) is 0 Å². The summed E-state index contributed by atoms with van der Waals surface area (Å²) < 4.78 is 7.23. The number of carboxylic acid groups (broad SMARTS) is 1. The van der Waals surface area contributed by atoms with Gasteiger partial charge in [-0.3, -0.25) is 4.79 Å². The number of carbonyl (C=O) groups is 2. The zero-order chi connectivity index (χ0) is 20.8. The smallest absolute Gasteiger partial charge is 0.344 e. The van der Waals surface area contributed by atoms with Crippen LogP contribution >= 0.6 is 0 Å². The number of hydrogen-bond donors (Lipinski definition) is 1. The van der Waals surface area contributed by atoms with E-state index in [0.29, 0.717) is 23.6 Å². The van der Waals surface area contributed by atoms with Crippen LogP contribution in [-0.4, -0.2) is 27.5 Å². The maximum absolute atomic E-state index is 12.7. The lowest BCUT2D eigenvalue weighted by molar-refractivity contribution is -0.144. The van der Waals surface area contributed by atoms with Crippen molar-refractivity contribution in [3.63, 3.8) is 0 Å². The van der Waals surface area contributed by atoms with E-state index >= 15 is 0 Å². The van der Waals surface area contributed by atoms with Crippen molar-refractivity contribution in [1.82, 2.24) is 4.57 Å². The van der Waals surface area contributed by atoms with Gasteiger partial charge >= 0.3 is 5.97 Å². The molecule has 1 aromatic heterocycles. The van der Waals surface area contributed by atoms with E-state index in [1.54, 1.807) is 12.1 Å². The first-order valence-corrected chi connectivity index (χ1v) is 9.36. The number of allylic oxidation sites excluding steroid dienone is 1. The Kier molecular flexibility index (Phi) is 6.29. The van der Waals surface area contributed by atoms with E-state index < -0.39 is 12.1 Å². The van der Waals surface area contributed by atoms with E-state index in [0.717, 1.165) is 11.1 Å². The van der Waals surface area contributed by atoms with Gasteiger partial charge in [0.25, 0.3) is 0 Å². The van der Waals surface area contributed by atoms with Crippen LogP contribution in [0.5, 0.6) is 5.75 Å². The molecule has 5 heteroatoms. The molecule has 1 heterocycles. The van der Waals surface area contributed by atoms with Gasteiger partial charge in [0, 0.05) is 18.3 Å². The molecule has 1 N–H and O–H groups in total. The van der Waals surface area contributed by atoms with E-state index in [4.69, 9.17) is 9.84 Å². The van der Waals surface area contributed by atoms with Gasteiger partial charge in [-0.25, -0.2) is 4.79 Å². The lowest BCUT2D eigenvalue weighted by Crippen LogP contribution is -2.22. The molecule has 1 atom stereocenters. The van der Waals surface area contributed by atoms with Gasteiger partial charge in [-0.2, -0.15) is 0 Å². The van der Waals surface area contributed by atoms with Crippen LogP contribution in [-0.2, 0) is 11.3 Å². The number of rotatable bonds is 8. The molecule has 5 nitrogen and oxygen atoms in total. The zero-order valence-electron chi connectivity index (χ0n) is 16.4. The van der Waals surface area contributed by atoms with Crippen LogP contribution in [0.2, 0.25) is 0 Å². The summed E-state index contributed by atoms with van der Waals surface area (Å²) >= 11 is 0. The number of aryl methyl sites for hydroxylation is 1. The van der Waals surface area contributed by atoms with Crippen LogP contribution < -0.4 is 4.74 Å². The Morgan fingerprint density at radius 1 is 1.07 bits per heavy atom. The highest BCUT2D eigenvalue weighted by atomic mass is 16.5. The lowest BCUT2D eigenvalue weighted by atomic mass is 10.1. The quantitative estimate of drug-likeness (QED) is 0.572. The van der Waals surface area contributed by atoms with Crippen LogP contribution in [0.1, 0.15) is 34.1 Å². The number of nitrogens with zero attached hydrogens (tertiary/aromatic N) is 1. The summed E-state index contributed by atoms with van der Waals surface area (Å²) in [5, 5.41) is 8.89. The molecule has 0 amide bonds. The molecule has 0 saturated heterocycles. The summed E-state index contributed by atoms with van der Waals surface area (Å²) in [6.07, 6.45) is 4.91. The predicted molar refractivity (Wildman–Crippen MR) is 112 cm³/mol. The molecule has 148 valence electrons. The lowest BCUT2D eigenvalue weighted by Gasteiger charge is -2.10. The van der Waals surface area contributed by atoms with Gasteiger partial charge < -0.3 is 14.4 Å². The summed E-state index contributed by atoms with van der Waals surface area (Å²) in [6.45, 7) is 4.05. The van der Waals surface area contributed by atoms with E-state index in [9.17, 15) is 9.59 Å². The topological polar surface area (TPSA) is 68.5 Å². The van der Waals surface area contributed by atoms with E-state index in [-0.39, 0.29) is 5.78 Å². The van der Waals surface area contributed by atoms with Crippen molar-refractivity contribution in [1.29, 1.82) is 0 Å². The standard InChI is InChI=1S/C24H23NO4/c1-17-7-11-20(12-8-17)23(26)22-6-4-16-25(22)15-3-5-19-9-13-21(14-10-19)29-18(2)24(27)28/h3-14,16,18H,15H2,1-2H3,(H,27,28)/b5-3+. The average molecular weight is 389 g/mol. The van der Waals surface area contributed by atoms with Crippen molar-refractivity contribution in [2.45, 2.75) is 26.5 Å². The van der Waals surface area contributed by atoms with Crippen molar-refractivity contribution in [3.05, 3.63) is 95.3 Å². The van der Waals surface area contributed by atoms with Crippen LogP contribution in [0.25, 0.3) is 6.08 Å². The molecule has 2 aromatic carbocycles. The molecule has 0 saturated carbocycles. The fraction of sp³-hybridized carbons (Fsp3) is 0.167. The molecule has 3 rings (SSSR count). The van der Waals surface area contributed by atoms with Crippen LogP contribution in [0.4, 0.5) is 0 Å². The number of aliphatic carboxylic acids is 1. The molecule has 1 unspecified atom stereocenters. The Labute approximate surface area is 169 Å². The van der Waals surface area contributed by atoms with Crippen LogP contribution in [0.3, 0.4) is 0 Å². The van der Waals surface area contributed by atoms with Crippen molar-refractivity contribution < 1.29 is 19.4 Å². The molecule has 3 aromatic rings. The van der Waals surface area contributed by atoms with Gasteiger partial charge in [0.2, 0.25) is 5.78 Å². The maximum atomic E-state index is 12.7. The Balaban J connectivity index is 1.64. The highest BCUT2D eigenvalue weighted by Gasteiger charge is 2.13. The average Bonchev–Trinajstić information content (AvgIpc) is 3.17. The highest BCUT2D eigenvalue weighted by Crippen LogP contribution is 2.16. The zero-order valence-corrected chi connectivity index (χ0v) is 16.4. The third-order valence-corrected chi connectivity index (χ3v) is 4.53. The minimum Gasteiger partial charge on any atom is -0.479 e. The summed E-state index contributed by atoms with van der Waals surface area (Å²) in [5.74, 6) is -0.498. The fourth-order valence-corrected chi connectivity index (χ4v) is 2.85. The van der Waals surface area contributed by atoms with Gasteiger partial charge in [-0.1, -0.05) is 54.1 Å². The van der Waals surface area contributed by atoms with Gasteiger partial charge in [0.05, 0.1) is 5.69 Å². The first-order chi connectivity index (χ1) is 13.9. The second kappa shape index (κ2) is 9.06. The van der Waals surface area contributed by atoms with Crippen molar-refractivity contribution in [3.8, 4) is 5.75 Å². The number of hydrogen-bond acceptors (Lipinski definition) is 3. The van der Waals surface area contributed by atoms with Crippen molar-refractivity contribution >= 4 is 17.8 Å². The second-order valence-corrected chi connectivity index (χ2v) is 6.81. The van der Waals surface area contributed by atoms with E-state index in [1.807, 2.05) is 78.4 Å². The number of carboxylic acids is 1. The Morgan fingerprint density at radius 3 is 2.41 bits per heavy atom. The Morgan fingerprint density at radius 2 is 1.76 bits per heavy atom. The molecule has 29 heavy (non-hydrogen) atoms. The first-order valence-electron chi connectivity index (χ1n) is 9.36. The molecular formula is C24H23NO4. The predicted octanol–water partition coefficient (Wildman–Crippen LogP) is 4.59. The number of carbonyl (C=O) groups excluding carboxylic acids is 1. The van der Waals surface area contributed by atoms with E-state index in [1.165, 1.54) is 6.92 Å². The molecule has 0 spiro atoms. The third kappa shape index (κ3) is 5.23. The summed E-state index contributed by atoms with van der Waals surface area (Å²) in [5.41, 5.74) is 3.39. The van der Waals surface area contributed by atoms with Gasteiger partial charge in [-0.05, 0) is 43.7 Å². The molecule has 0 radical (unpaired) electrons. The highest BCUT2D eigenvalue weighted by molar-refractivity contribution is 6.08. The van der Waals surface area contributed by atoms with Crippen LogP contribution in [0, 0.1) is 6.92 Å². The minimum absolute atomic E-state index is 0.00236. The monoisotopic (exact) mass is 389 g/mol. The fourth-order valence-electron chi connectivity index (χ4n) is 2.85. The molecule has 0 fully saturated rings. The summed E-state index contributed by atoms with van der Waals surface area (Å²) in [6, 6.07) is 18.4. The summed E-state index contributed by atoms with van der Waals surface area (Å²) in [4.78, 5) is 23.6. The SMILES string of the molecule is Cc1ccc(C(=O)c2cccn2C/C=C/c2ccc(OC(C)C(=O)O)cc2)cc1. The maximum Gasteiger partial charge on any atom is 0.344 e. The number of benzene rings is 2. The third-order valence-electron chi connectivity index (χ3n) is 4.53. The number of ketones is 1. The van der Waals surface area contributed by atoms with Crippen molar-refractivity contribution in [2.75, 3.05) is 0 Å². The number of ether oxygens (including phenoxy) is 1. The number of aromatic nitrogens is 1. The molecule has 0 aliphatic rings. The van der Waals surface area contributed by atoms with Gasteiger partial charge in [0.15, 0.2) is 6.10 Å². The first kappa shape index (κ1) is 20.1.